The molecule has 1 aliphatic rings. The van der Waals surface area contributed by atoms with Gasteiger partial charge in [-0.15, -0.1) is 0 Å². The molecule has 0 saturated heterocycles. The van der Waals surface area contributed by atoms with Crippen LogP contribution >= 0.6 is 0 Å². The van der Waals surface area contributed by atoms with E-state index in [9.17, 15) is 4.39 Å². The molecule has 104 valence electrons. The van der Waals surface area contributed by atoms with E-state index in [1.807, 2.05) is 26.1 Å². The third-order valence-corrected chi connectivity index (χ3v) is 4.01. The molecule has 0 radical (unpaired) electrons. The normalized spacial score (nSPS) is 21.1. The average Bonchev–Trinajstić information content (AvgIpc) is 2.36. The minimum absolute atomic E-state index is 0.107. The van der Waals surface area contributed by atoms with Gasteiger partial charge in [-0.3, -0.25) is 0 Å². The van der Waals surface area contributed by atoms with Crippen LogP contribution in [0.1, 0.15) is 55.7 Å². The number of benzene rings is 1. The van der Waals surface area contributed by atoms with Gasteiger partial charge >= 0.3 is 0 Å². The van der Waals surface area contributed by atoms with Gasteiger partial charge in [0.1, 0.15) is 5.82 Å². The number of aryl methyl sites for hydroxylation is 1. The van der Waals surface area contributed by atoms with E-state index in [2.05, 4.69) is 11.4 Å². The lowest BCUT2D eigenvalue weighted by atomic mass is 9.90. The summed E-state index contributed by atoms with van der Waals surface area (Å²) in [7, 11) is 1.96. The lowest BCUT2D eigenvalue weighted by Crippen LogP contribution is -2.19. The largest absolute Gasteiger partial charge is 0.310 e. The predicted molar refractivity (Wildman–Crippen MR) is 78.7 cm³/mol. The zero-order valence-electron chi connectivity index (χ0n) is 12.0. The van der Waals surface area contributed by atoms with Crippen molar-refractivity contribution in [1.82, 2.24) is 5.32 Å². The van der Waals surface area contributed by atoms with Crippen LogP contribution in [-0.4, -0.2) is 7.05 Å². The molecule has 0 amide bonds. The van der Waals surface area contributed by atoms with Crippen LogP contribution in [0.3, 0.4) is 0 Å². The number of hydrogen-bond acceptors (Lipinski definition) is 1. The average molecular weight is 261 g/mol. The molecule has 1 N–H and O–H groups in total. The predicted octanol–water partition coefficient (Wildman–Crippen LogP) is 4.68. The van der Waals surface area contributed by atoms with Crippen LogP contribution in [0.2, 0.25) is 0 Å². The van der Waals surface area contributed by atoms with E-state index < -0.39 is 0 Å². The molecule has 0 spiro atoms. The van der Waals surface area contributed by atoms with E-state index in [4.69, 9.17) is 0 Å². The fourth-order valence-electron chi connectivity index (χ4n) is 2.83. The van der Waals surface area contributed by atoms with Crippen molar-refractivity contribution in [2.45, 2.75) is 51.5 Å². The molecule has 1 aliphatic carbocycles. The summed E-state index contributed by atoms with van der Waals surface area (Å²) in [6.45, 7) is 1.81. The van der Waals surface area contributed by atoms with Gasteiger partial charge in [0.05, 0.1) is 6.04 Å². The van der Waals surface area contributed by atoms with Gasteiger partial charge in [-0.2, -0.15) is 0 Å². The van der Waals surface area contributed by atoms with Gasteiger partial charge in [0.25, 0.3) is 0 Å². The third kappa shape index (κ3) is 3.66. The Hall–Kier alpha value is -1.15. The highest BCUT2D eigenvalue weighted by Crippen LogP contribution is 2.29. The Balaban J connectivity index is 2.24. The molecule has 0 heterocycles. The van der Waals surface area contributed by atoms with Crippen LogP contribution in [0.5, 0.6) is 0 Å². The molecule has 2 rings (SSSR count). The van der Waals surface area contributed by atoms with E-state index in [0.29, 0.717) is 5.56 Å². The van der Waals surface area contributed by atoms with Crippen molar-refractivity contribution in [3.8, 4) is 0 Å². The van der Waals surface area contributed by atoms with E-state index in [1.54, 1.807) is 6.07 Å². The van der Waals surface area contributed by atoms with Crippen LogP contribution in [-0.2, 0) is 0 Å². The monoisotopic (exact) mass is 261 g/mol. The minimum Gasteiger partial charge on any atom is -0.310 e. The van der Waals surface area contributed by atoms with Gasteiger partial charge in [-0.25, -0.2) is 4.39 Å². The van der Waals surface area contributed by atoms with Crippen molar-refractivity contribution in [2.24, 2.45) is 0 Å². The Kier molecular flexibility index (Phi) is 5.15. The van der Waals surface area contributed by atoms with Crippen molar-refractivity contribution in [2.75, 3.05) is 7.05 Å². The smallest absolute Gasteiger partial charge is 0.126 e. The van der Waals surface area contributed by atoms with Gasteiger partial charge in [0.2, 0.25) is 0 Å². The zero-order valence-corrected chi connectivity index (χ0v) is 12.0. The van der Waals surface area contributed by atoms with Gasteiger partial charge in [0, 0.05) is 0 Å². The summed E-state index contributed by atoms with van der Waals surface area (Å²) in [6.07, 6.45) is 9.82. The molecule has 1 atom stereocenters. The summed E-state index contributed by atoms with van der Waals surface area (Å²) in [4.78, 5) is 0. The van der Waals surface area contributed by atoms with Crippen LogP contribution in [0.25, 0.3) is 0 Å². The Morgan fingerprint density at radius 3 is 2.68 bits per heavy atom. The summed E-state index contributed by atoms with van der Waals surface area (Å²) in [5, 5.41) is 3.35. The minimum atomic E-state index is -0.107. The fraction of sp³-hybridized carbons (Fsp3) is 0.529. The van der Waals surface area contributed by atoms with Gasteiger partial charge in [0.15, 0.2) is 0 Å². The first kappa shape index (κ1) is 14.3. The summed E-state index contributed by atoms with van der Waals surface area (Å²) in [6, 6.07) is 5.75. The van der Waals surface area contributed by atoms with E-state index in [1.165, 1.54) is 31.3 Å². The van der Waals surface area contributed by atoms with Crippen molar-refractivity contribution in [3.05, 3.63) is 46.8 Å². The molecule has 0 aromatic heterocycles. The van der Waals surface area contributed by atoms with Crippen molar-refractivity contribution in [1.29, 1.82) is 0 Å². The molecular formula is C17H24FN. The van der Waals surface area contributed by atoms with Gasteiger partial charge in [-0.05, 0) is 56.8 Å². The Labute approximate surface area is 115 Å². The SMILES string of the molecule is CNC(/C1=C/CCCCCC1)c1ccc(C)c(F)c1. The summed E-state index contributed by atoms with van der Waals surface area (Å²) in [5.41, 5.74) is 3.17. The second-order valence-electron chi connectivity index (χ2n) is 5.46. The second-order valence-corrected chi connectivity index (χ2v) is 5.46. The standard InChI is InChI=1S/C17H24FN/c1-13-10-11-15(12-16(13)18)17(19-2)14-8-6-4-3-5-7-9-14/h8,10-12,17,19H,3-7,9H2,1-2H3/b14-8+. The number of nitrogens with one attached hydrogen (secondary N) is 1. The fourth-order valence-corrected chi connectivity index (χ4v) is 2.83. The van der Waals surface area contributed by atoms with Gasteiger partial charge in [-0.1, -0.05) is 36.6 Å². The van der Waals surface area contributed by atoms with E-state index in [-0.39, 0.29) is 11.9 Å². The van der Waals surface area contributed by atoms with Crippen molar-refractivity contribution >= 4 is 0 Å². The highest BCUT2D eigenvalue weighted by Gasteiger charge is 2.16. The summed E-state index contributed by atoms with van der Waals surface area (Å²) >= 11 is 0. The Morgan fingerprint density at radius 1 is 1.16 bits per heavy atom. The Morgan fingerprint density at radius 2 is 1.95 bits per heavy atom. The number of likely N-dealkylation sites (N-methyl/N-ethyl adjacent to an activating group) is 1. The highest BCUT2D eigenvalue weighted by atomic mass is 19.1. The third-order valence-electron chi connectivity index (χ3n) is 4.01. The highest BCUT2D eigenvalue weighted by molar-refractivity contribution is 5.31. The first-order valence-corrected chi connectivity index (χ1v) is 7.34. The quantitative estimate of drug-likeness (QED) is 0.779. The number of rotatable bonds is 3. The topological polar surface area (TPSA) is 12.0 Å². The molecular weight excluding hydrogens is 237 g/mol. The van der Waals surface area contributed by atoms with Crippen molar-refractivity contribution in [3.63, 3.8) is 0 Å². The molecule has 1 nitrogen and oxygen atoms in total. The number of allylic oxidation sites excluding steroid dienone is 1. The van der Waals surface area contributed by atoms with E-state index >= 15 is 0 Å². The maximum Gasteiger partial charge on any atom is 0.126 e. The van der Waals surface area contributed by atoms with E-state index in [0.717, 1.165) is 18.4 Å². The maximum atomic E-state index is 13.7. The lowest BCUT2D eigenvalue weighted by molar-refractivity contribution is 0.567. The summed E-state index contributed by atoms with van der Waals surface area (Å²) in [5.74, 6) is -0.107. The molecule has 2 heteroatoms. The van der Waals surface area contributed by atoms with Crippen LogP contribution in [0.15, 0.2) is 29.8 Å². The molecule has 1 unspecified atom stereocenters. The van der Waals surface area contributed by atoms with Crippen LogP contribution < -0.4 is 5.32 Å². The molecule has 19 heavy (non-hydrogen) atoms. The number of hydrogen-bond donors (Lipinski definition) is 1. The van der Waals surface area contributed by atoms with Crippen LogP contribution in [0.4, 0.5) is 4.39 Å². The Bertz CT molecular complexity index is 451. The van der Waals surface area contributed by atoms with Gasteiger partial charge < -0.3 is 5.32 Å². The zero-order chi connectivity index (χ0) is 13.7. The molecule has 1 aromatic carbocycles. The molecule has 1 aromatic rings. The molecule has 0 saturated carbocycles. The molecule has 0 aliphatic heterocycles. The molecule has 0 bridgehead atoms. The second kappa shape index (κ2) is 6.85. The number of halogens is 1. The summed E-state index contributed by atoms with van der Waals surface area (Å²) < 4.78 is 13.7. The first-order valence-electron chi connectivity index (χ1n) is 7.34. The lowest BCUT2D eigenvalue weighted by Gasteiger charge is -2.22. The molecule has 0 fully saturated rings. The maximum absolute atomic E-state index is 13.7. The first-order chi connectivity index (χ1) is 9.22. The van der Waals surface area contributed by atoms with Crippen molar-refractivity contribution < 1.29 is 4.39 Å². The van der Waals surface area contributed by atoms with Crippen LogP contribution in [0, 0.1) is 12.7 Å².